The summed E-state index contributed by atoms with van der Waals surface area (Å²) in [7, 11) is -3.27. The highest BCUT2D eigenvalue weighted by Crippen LogP contribution is 2.29. The van der Waals surface area contributed by atoms with Crippen molar-refractivity contribution in [1.82, 2.24) is 4.98 Å². The zero-order valence-corrected chi connectivity index (χ0v) is 11.6. The van der Waals surface area contributed by atoms with Crippen molar-refractivity contribution in [3.63, 3.8) is 0 Å². The Bertz CT molecular complexity index is 499. The standard InChI is InChI=1S/C9H11IN2O3S/c1-16(13,14)12-8-5-4-7(9(10)11-8)15-6-2-3-6/h4-6H,2-3H2,1H3,(H,11,12). The largest absolute Gasteiger partial charge is 0.488 e. The third-order valence-electron chi connectivity index (χ3n) is 1.92. The van der Waals surface area contributed by atoms with Gasteiger partial charge >= 0.3 is 0 Å². The summed E-state index contributed by atoms with van der Waals surface area (Å²) in [6, 6.07) is 3.33. The van der Waals surface area contributed by atoms with Gasteiger partial charge < -0.3 is 4.74 Å². The average Bonchev–Trinajstić information content (AvgIpc) is 2.90. The summed E-state index contributed by atoms with van der Waals surface area (Å²) in [5.41, 5.74) is 0. The fourth-order valence-corrected chi connectivity index (χ4v) is 2.18. The molecule has 0 spiro atoms. The minimum absolute atomic E-state index is 0.309. The van der Waals surface area contributed by atoms with Crippen LogP contribution in [0.15, 0.2) is 12.1 Å². The topological polar surface area (TPSA) is 68.3 Å². The maximum absolute atomic E-state index is 11.0. The van der Waals surface area contributed by atoms with Gasteiger partial charge in [-0.05, 0) is 47.6 Å². The Morgan fingerprint density at radius 1 is 1.50 bits per heavy atom. The van der Waals surface area contributed by atoms with E-state index in [1.807, 2.05) is 22.6 Å². The van der Waals surface area contributed by atoms with Crippen molar-refractivity contribution in [2.24, 2.45) is 0 Å². The molecule has 0 aliphatic heterocycles. The van der Waals surface area contributed by atoms with Crippen molar-refractivity contribution in [2.45, 2.75) is 18.9 Å². The van der Waals surface area contributed by atoms with Crippen molar-refractivity contribution in [3.8, 4) is 5.75 Å². The van der Waals surface area contributed by atoms with Crippen molar-refractivity contribution in [3.05, 3.63) is 15.8 Å². The Labute approximate surface area is 108 Å². The van der Waals surface area contributed by atoms with Gasteiger partial charge in [0.2, 0.25) is 10.0 Å². The first-order valence-corrected chi connectivity index (χ1v) is 7.72. The van der Waals surface area contributed by atoms with E-state index in [2.05, 4.69) is 9.71 Å². The fourth-order valence-electron chi connectivity index (χ4n) is 1.12. The van der Waals surface area contributed by atoms with E-state index in [0.29, 0.717) is 21.4 Å². The lowest BCUT2D eigenvalue weighted by molar-refractivity contribution is 0.299. The van der Waals surface area contributed by atoms with Crippen LogP contribution in [0.2, 0.25) is 0 Å². The van der Waals surface area contributed by atoms with Crippen LogP contribution >= 0.6 is 22.6 Å². The Kier molecular flexibility index (Phi) is 3.24. The maximum Gasteiger partial charge on any atom is 0.230 e. The number of pyridine rings is 1. The highest BCUT2D eigenvalue weighted by atomic mass is 127. The summed E-state index contributed by atoms with van der Waals surface area (Å²) in [6.45, 7) is 0. The van der Waals surface area contributed by atoms with Gasteiger partial charge in [-0.1, -0.05) is 0 Å². The molecular weight excluding hydrogens is 343 g/mol. The monoisotopic (exact) mass is 354 g/mol. The van der Waals surface area contributed by atoms with Gasteiger partial charge in [0.05, 0.1) is 12.4 Å². The molecule has 0 aromatic carbocycles. The van der Waals surface area contributed by atoms with Crippen LogP contribution in [0.5, 0.6) is 5.75 Å². The van der Waals surface area contributed by atoms with Crippen LogP contribution in [-0.4, -0.2) is 25.8 Å². The molecule has 1 heterocycles. The predicted molar refractivity (Wildman–Crippen MR) is 69.1 cm³/mol. The smallest absolute Gasteiger partial charge is 0.230 e. The summed E-state index contributed by atoms with van der Waals surface area (Å²) in [6.07, 6.45) is 3.57. The molecular formula is C9H11IN2O3S. The number of halogens is 1. The highest BCUT2D eigenvalue weighted by Gasteiger charge is 2.24. The van der Waals surface area contributed by atoms with Crippen LogP contribution in [0.4, 0.5) is 5.82 Å². The van der Waals surface area contributed by atoms with Crippen LogP contribution in [0.3, 0.4) is 0 Å². The van der Waals surface area contributed by atoms with Crippen molar-refractivity contribution < 1.29 is 13.2 Å². The average molecular weight is 354 g/mol. The van der Waals surface area contributed by atoms with Crippen LogP contribution in [0.1, 0.15) is 12.8 Å². The van der Waals surface area contributed by atoms with E-state index in [1.54, 1.807) is 12.1 Å². The molecule has 1 aliphatic rings. The van der Waals surface area contributed by atoms with E-state index in [0.717, 1.165) is 19.1 Å². The lowest BCUT2D eigenvalue weighted by Crippen LogP contribution is -2.11. The first-order chi connectivity index (χ1) is 7.44. The summed E-state index contributed by atoms with van der Waals surface area (Å²) < 4.78 is 30.6. The van der Waals surface area contributed by atoms with E-state index in [9.17, 15) is 8.42 Å². The van der Waals surface area contributed by atoms with E-state index in [1.165, 1.54) is 0 Å². The second-order valence-electron chi connectivity index (χ2n) is 3.68. The fraction of sp³-hybridized carbons (Fsp3) is 0.444. The van der Waals surface area contributed by atoms with Crippen LogP contribution in [0, 0.1) is 3.70 Å². The molecule has 1 saturated carbocycles. The number of nitrogens with zero attached hydrogens (tertiary/aromatic N) is 1. The summed E-state index contributed by atoms with van der Waals surface area (Å²) in [5.74, 6) is 1.03. The number of sulfonamides is 1. The van der Waals surface area contributed by atoms with E-state index >= 15 is 0 Å². The molecule has 88 valence electrons. The molecule has 1 aliphatic carbocycles. The molecule has 0 amide bonds. The molecule has 1 N–H and O–H groups in total. The Hall–Kier alpha value is -0.570. The van der Waals surface area contributed by atoms with Gasteiger partial charge in [0.25, 0.3) is 0 Å². The van der Waals surface area contributed by atoms with Crippen molar-refractivity contribution in [1.29, 1.82) is 0 Å². The van der Waals surface area contributed by atoms with Gasteiger partial charge in [0, 0.05) is 0 Å². The molecule has 1 aromatic rings. The van der Waals surface area contributed by atoms with Crippen molar-refractivity contribution in [2.75, 3.05) is 11.0 Å². The lowest BCUT2D eigenvalue weighted by atomic mass is 10.4. The molecule has 1 aromatic heterocycles. The molecule has 16 heavy (non-hydrogen) atoms. The van der Waals surface area contributed by atoms with Gasteiger partial charge in [0.1, 0.15) is 9.52 Å². The molecule has 1 fully saturated rings. The Morgan fingerprint density at radius 3 is 2.69 bits per heavy atom. The van der Waals surface area contributed by atoms with Gasteiger partial charge in [-0.3, -0.25) is 4.72 Å². The Balaban J connectivity index is 2.14. The van der Waals surface area contributed by atoms with Gasteiger partial charge in [-0.15, -0.1) is 0 Å². The first kappa shape index (κ1) is 11.9. The quantitative estimate of drug-likeness (QED) is 0.659. The van der Waals surface area contributed by atoms with Crippen molar-refractivity contribution >= 4 is 38.4 Å². The van der Waals surface area contributed by atoms with Crippen LogP contribution < -0.4 is 9.46 Å². The van der Waals surface area contributed by atoms with Crippen LogP contribution in [-0.2, 0) is 10.0 Å². The second-order valence-corrected chi connectivity index (χ2v) is 6.45. The summed E-state index contributed by atoms with van der Waals surface area (Å²) in [5, 5.41) is 0. The number of nitrogens with one attached hydrogen (secondary N) is 1. The van der Waals surface area contributed by atoms with E-state index < -0.39 is 10.0 Å². The SMILES string of the molecule is CS(=O)(=O)Nc1ccc(OC2CC2)c(I)n1. The molecule has 0 unspecified atom stereocenters. The third-order valence-corrected chi connectivity index (χ3v) is 3.28. The molecule has 5 nitrogen and oxygen atoms in total. The number of hydrogen-bond acceptors (Lipinski definition) is 4. The number of rotatable bonds is 4. The van der Waals surface area contributed by atoms with Gasteiger partial charge in [-0.25, -0.2) is 13.4 Å². The lowest BCUT2D eigenvalue weighted by Gasteiger charge is -2.08. The zero-order valence-electron chi connectivity index (χ0n) is 8.60. The van der Waals surface area contributed by atoms with Gasteiger partial charge in [-0.2, -0.15) is 0 Å². The van der Waals surface area contributed by atoms with Crippen LogP contribution in [0.25, 0.3) is 0 Å². The maximum atomic E-state index is 11.0. The minimum atomic E-state index is -3.27. The second kappa shape index (κ2) is 4.36. The third kappa shape index (κ3) is 3.48. The van der Waals surface area contributed by atoms with E-state index in [4.69, 9.17) is 4.74 Å². The summed E-state index contributed by atoms with van der Waals surface area (Å²) >= 11 is 2.03. The predicted octanol–water partition coefficient (Wildman–Crippen LogP) is 1.60. The molecule has 0 saturated heterocycles. The van der Waals surface area contributed by atoms with E-state index in [-0.39, 0.29) is 0 Å². The zero-order chi connectivity index (χ0) is 11.8. The number of ether oxygens (including phenoxy) is 1. The first-order valence-electron chi connectivity index (χ1n) is 4.75. The Morgan fingerprint density at radius 2 is 2.19 bits per heavy atom. The molecule has 0 atom stereocenters. The highest BCUT2D eigenvalue weighted by molar-refractivity contribution is 14.1. The number of aromatic nitrogens is 1. The summed E-state index contributed by atoms with van der Waals surface area (Å²) in [4.78, 5) is 4.11. The molecule has 0 bridgehead atoms. The van der Waals surface area contributed by atoms with Gasteiger partial charge in [0.15, 0.2) is 5.75 Å². The molecule has 2 rings (SSSR count). The minimum Gasteiger partial charge on any atom is -0.488 e. The number of hydrogen-bond donors (Lipinski definition) is 1. The normalized spacial score (nSPS) is 15.9. The molecule has 7 heteroatoms. The number of anilines is 1. The molecule has 0 radical (unpaired) electrons.